The third-order valence-corrected chi connectivity index (χ3v) is 7.25. The van der Waals surface area contributed by atoms with Gasteiger partial charge >= 0.3 is 35.8 Å². The predicted molar refractivity (Wildman–Crippen MR) is 203 cm³/mol. The van der Waals surface area contributed by atoms with E-state index in [1.807, 2.05) is 0 Å². The van der Waals surface area contributed by atoms with E-state index in [2.05, 4.69) is 14.2 Å². The SMILES string of the molecule is O=C(OC(=O)c1ccccc1)C(=O)c1ccccc1.O=C(OC(=O)c1ccccc1)C(=O)c1ccccc1.O=C(OC(=O)c1ccccc1)C(=O)c1ccccc1.[Fe]. The molecule has 0 atom stereocenters. The van der Waals surface area contributed by atoms with Crippen molar-refractivity contribution in [2.24, 2.45) is 0 Å². The van der Waals surface area contributed by atoms with E-state index in [1.165, 1.54) is 72.8 Å². The minimum atomic E-state index is -1.18. The molecule has 0 heterocycles. The molecule has 0 N–H and O–H groups in total. The smallest absolute Gasteiger partial charge is 0.383 e. The maximum Gasteiger partial charge on any atom is 0.387 e. The Morgan fingerprint density at radius 3 is 0.569 bits per heavy atom. The number of hydrogen-bond donors (Lipinski definition) is 0. The van der Waals surface area contributed by atoms with Crippen LogP contribution in [0.5, 0.6) is 0 Å². The number of carbonyl (C=O) groups excluding carboxylic acids is 9. The van der Waals surface area contributed by atoms with Crippen LogP contribution in [-0.4, -0.2) is 53.2 Å². The van der Waals surface area contributed by atoms with Gasteiger partial charge in [0.15, 0.2) is 0 Å². The van der Waals surface area contributed by atoms with Crippen LogP contribution in [0.25, 0.3) is 0 Å². The number of benzene rings is 6. The second kappa shape index (κ2) is 23.2. The van der Waals surface area contributed by atoms with Crippen molar-refractivity contribution in [3.8, 4) is 0 Å². The molecule has 0 aliphatic heterocycles. The van der Waals surface area contributed by atoms with Crippen molar-refractivity contribution < 1.29 is 74.4 Å². The summed E-state index contributed by atoms with van der Waals surface area (Å²) in [5, 5.41) is 0. The second-order valence-corrected chi connectivity index (χ2v) is 11.2. The number of rotatable bonds is 9. The number of esters is 6. The Hall–Kier alpha value is -7.73. The van der Waals surface area contributed by atoms with Crippen LogP contribution < -0.4 is 0 Å². The molecule has 0 fully saturated rings. The van der Waals surface area contributed by atoms with E-state index >= 15 is 0 Å². The van der Waals surface area contributed by atoms with E-state index in [0.717, 1.165) is 0 Å². The Morgan fingerprint density at radius 2 is 0.397 bits per heavy atom. The van der Waals surface area contributed by atoms with Crippen molar-refractivity contribution in [3.05, 3.63) is 215 Å². The summed E-state index contributed by atoms with van der Waals surface area (Å²) in [7, 11) is 0. The van der Waals surface area contributed by atoms with Crippen LogP contribution in [0.2, 0.25) is 0 Å². The Balaban J connectivity index is 0.000000231. The van der Waals surface area contributed by atoms with Gasteiger partial charge in [-0.1, -0.05) is 146 Å². The van der Waals surface area contributed by atoms with Gasteiger partial charge in [0.25, 0.3) is 17.3 Å². The van der Waals surface area contributed by atoms with Crippen LogP contribution >= 0.6 is 0 Å². The van der Waals surface area contributed by atoms with Gasteiger partial charge in [-0.05, 0) is 36.4 Å². The van der Waals surface area contributed by atoms with Crippen molar-refractivity contribution in [1.29, 1.82) is 0 Å². The molecule has 0 bridgehead atoms. The van der Waals surface area contributed by atoms with E-state index in [-0.39, 0.29) is 50.4 Å². The molecule has 0 radical (unpaired) electrons. The molecule has 290 valence electrons. The van der Waals surface area contributed by atoms with E-state index in [4.69, 9.17) is 0 Å². The summed E-state index contributed by atoms with van der Waals surface area (Å²) in [5.74, 6) is -8.58. The standard InChI is InChI=1S/3C15H10O4.Fe/c3*16-13(11-7-3-1-4-8-11)15(18)19-14(17)12-9-5-2-6-10-12;/h3*1-10H;. The fourth-order valence-corrected chi connectivity index (χ4v) is 4.41. The Labute approximate surface area is 341 Å². The molecule has 6 rings (SSSR count). The van der Waals surface area contributed by atoms with Gasteiger partial charge < -0.3 is 14.2 Å². The molecule has 0 aromatic heterocycles. The first-order valence-corrected chi connectivity index (χ1v) is 16.8. The quantitative estimate of drug-likeness (QED) is 0.0374. The Bertz CT molecular complexity index is 2080. The summed E-state index contributed by atoms with van der Waals surface area (Å²) in [6, 6.07) is 47.8. The number of ether oxygens (including phenoxy) is 3. The monoisotopic (exact) mass is 818 g/mol. The average Bonchev–Trinajstić information content (AvgIpc) is 3.27. The maximum absolute atomic E-state index is 11.7. The number of ketones is 3. The second-order valence-electron chi connectivity index (χ2n) is 11.2. The fraction of sp³-hybridized carbons (Fsp3) is 0. The molecule has 6 aromatic rings. The molecule has 0 unspecified atom stereocenters. The largest absolute Gasteiger partial charge is 0.387 e. The van der Waals surface area contributed by atoms with Gasteiger partial charge in [-0.2, -0.15) is 0 Å². The van der Waals surface area contributed by atoms with Crippen LogP contribution in [0.1, 0.15) is 62.1 Å². The van der Waals surface area contributed by atoms with Gasteiger partial charge in [0.1, 0.15) is 0 Å². The van der Waals surface area contributed by atoms with Crippen molar-refractivity contribution in [2.45, 2.75) is 0 Å². The summed E-state index contributed by atoms with van der Waals surface area (Å²) in [4.78, 5) is 104. The van der Waals surface area contributed by atoms with Crippen molar-refractivity contribution in [2.75, 3.05) is 0 Å². The molecular formula is C45H30FeO12. The minimum absolute atomic E-state index is 0. The zero-order valence-corrected chi connectivity index (χ0v) is 31.2. The van der Waals surface area contributed by atoms with Crippen LogP contribution in [0.15, 0.2) is 182 Å². The summed E-state index contributed by atoms with van der Waals surface area (Å²) in [5.41, 5.74) is 1.22. The summed E-state index contributed by atoms with van der Waals surface area (Å²) >= 11 is 0. The molecular weight excluding hydrogens is 788 g/mol. The van der Waals surface area contributed by atoms with E-state index in [9.17, 15) is 43.2 Å². The van der Waals surface area contributed by atoms with Gasteiger partial charge in [-0.25, -0.2) is 28.8 Å². The van der Waals surface area contributed by atoms with Gasteiger partial charge in [0.2, 0.25) is 0 Å². The maximum atomic E-state index is 11.7. The number of carbonyl (C=O) groups is 9. The number of Topliss-reactive ketones (excluding diaryl/α,β-unsaturated/α-hetero) is 3. The van der Waals surface area contributed by atoms with E-state index in [0.29, 0.717) is 0 Å². The molecule has 0 aliphatic carbocycles. The number of hydrogen-bond acceptors (Lipinski definition) is 12. The molecule has 12 nitrogen and oxygen atoms in total. The summed E-state index contributed by atoms with van der Waals surface area (Å²) < 4.78 is 13.6. The Kier molecular flexibility index (Phi) is 17.9. The van der Waals surface area contributed by atoms with E-state index < -0.39 is 53.2 Å². The topological polar surface area (TPSA) is 181 Å². The molecule has 6 aromatic carbocycles. The first-order valence-electron chi connectivity index (χ1n) is 16.8. The fourth-order valence-electron chi connectivity index (χ4n) is 4.41. The van der Waals surface area contributed by atoms with Crippen LogP contribution in [0, 0.1) is 0 Å². The molecule has 0 amide bonds. The molecule has 0 spiro atoms. The zero-order valence-electron chi connectivity index (χ0n) is 30.1. The van der Waals surface area contributed by atoms with E-state index in [1.54, 1.807) is 109 Å². The van der Waals surface area contributed by atoms with Gasteiger partial charge in [-0.15, -0.1) is 0 Å². The van der Waals surface area contributed by atoms with Gasteiger partial charge in [-0.3, -0.25) is 14.4 Å². The van der Waals surface area contributed by atoms with Crippen LogP contribution in [0.4, 0.5) is 0 Å². The minimum Gasteiger partial charge on any atom is -0.383 e. The first kappa shape index (κ1) is 44.7. The Morgan fingerprint density at radius 1 is 0.241 bits per heavy atom. The van der Waals surface area contributed by atoms with Crippen LogP contribution in [-0.2, 0) is 45.7 Å². The average molecular weight is 819 g/mol. The van der Waals surface area contributed by atoms with Crippen LogP contribution in [0.3, 0.4) is 0 Å². The molecule has 58 heavy (non-hydrogen) atoms. The molecule has 0 saturated carbocycles. The normalized spacial score (nSPS) is 9.52. The molecule has 0 saturated heterocycles. The summed E-state index contributed by atoms with van der Waals surface area (Å²) in [6.07, 6.45) is 0. The summed E-state index contributed by atoms with van der Waals surface area (Å²) in [6.45, 7) is 0. The first-order chi connectivity index (χ1) is 27.5. The van der Waals surface area contributed by atoms with Crippen molar-refractivity contribution >= 4 is 53.2 Å². The molecule has 0 aliphatic rings. The molecule has 13 heteroatoms. The predicted octanol–water partition coefficient (Wildman–Crippen LogP) is 6.76. The van der Waals surface area contributed by atoms with Crippen molar-refractivity contribution in [3.63, 3.8) is 0 Å². The third kappa shape index (κ3) is 13.8. The van der Waals surface area contributed by atoms with Gasteiger partial charge in [0.05, 0.1) is 16.7 Å². The van der Waals surface area contributed by atoms with Crippen molar-refractivity contribution in [1.82, 2.24) is 0 Å². The van der Waals surface area contributed by atoms with Gasteiger partial charge in [0, 0.05) is 33.8 Å². The zero-order chi connectivity index (χ0) is 41.0. The third-order valence-electron chi connectivity index (χ3n) is 7.25.